The summed E-state index contributed by atoms with van der Waals surface area (Å²) in [5, 5.41) is 3.56. The van der Waals surface area contributed by atoms with Crippen LogP contribution in [0.5, 0.6) is 0 Å². The lowest BCUT2D eigenvalue weighted by Crippen LogP contribution is -2.48. The number of piperidine rings is 1. The van der Waals surface area contributed by atoms with Crippen LogP contribution in [0.2, 0.25) is 0 Å². The fourth-order valence-corrected chi connectivity index (χ4v) is 4.88. The Hall–Kier alpha value is -0.430. The van der Waals surface area contributed by atoms with E-state index in [-0.39, 0.29) is 6.04 Å². The molecule has 5 nitrogen and oxygen atoms in total. The third kappa shape index (κ3) is 3.86. The molecule has 0 radical (unpaired) electrons. The lowest BCUT2D eigenvalue weighted by molar-refractivity contribution is 0.250. The average molecular weight is 313 g/mol. The van der Waals surface area contributed by atoms with Gasteiger partial charge in [-0.15, -0.1) is 6.58 Å². The van der Waals surface area contributed by atoms with Crippen LogP contribution in [0.15, 0.2) is 12.7 Å². The van der Waals surface area contributed by atoms with Crippen LogP contribution >= 0.6 is 0 Å². The van der Waals surface area contributed by atoms with Crippen LogP contribution in [0.4, 0.5) is 0 Å². The molecule has 0 aromatic carbocycles. The Bertz CT molecular complexity index is 463. The minimum atomic E-state index is -3.29. The first kappa shape index (κ1) is 15.5. The summed E-state index contributed by atoms with van der Waals surface area (Å²) >= 11 is 0. The molecule has 2 aliphatic carbocycles. The minimum Gasteiger partial charge on any atom is -0.314 e. The van der Waals surface area contributed by atoms with Gasteiger partial charge in [-0.1, -0.05) is 6.08 Å². The van der Waals surface area contributed by atoms with E-state index in [1.165, 1.54) is 12.8 Å². The summed E-state index contributed by atoms with van der Waals surface area (Å²) < 4.78 is 28.8. The van der Waals surface area contributed by atoms with Gasteiger partial charge in [0, 0.05) is 31.7 Å². The molecule has 0 bridgehead atoms. The van der Waals surface area contributed by atoms with Crippen molar-refractivity contribution in [2.24, 2.45) is 5.92 Å². The van der Waals surface area contributed by atoms with Crippen LogP contribution < -0.4 is 5.32 Å². The highest BCUT2D eigenvalue weighted by atomic mass is 32.2. The standard InChI is InChI=1S/C15H27N3O2S/c1-2-9-18(15-5-6-15)21(19,20)17-10-7-13(8-11-17)12-16-14-3-4-14/h2,13-16H,1,3-12H2. The van der Waals surface area contributed by atoms with Gasteiger partial charge in [-0.25, -0.2) is 0 Å². The highest BCUT2D eigenvalue weighted by molar-refractivity contribution is 7.86. The van der Waals surface area contributed by atoms with E-state index < -0.39 is 10.2 Å². The highest BCUT2D eigenvalue weighted by Crippen LogP contribution is 2.32. The van der Waals surface area contributed by atoms with Gasteiger partial charge in [-0.2, -0.15) is 17.0 Å². The quantitative estimate of drug-likeness (QED) is 0.688. The Morgan fingerprint density at radius 1 is 1.14 bits per heavy atom. The lowest BCUT2D eigenvalue weighted by Gasteiger charge is -2.34. The fraction of sp³-hybridized carbons (Fsp3) is 0.867. The van der Waals surface area contributed by atoms with Crippen molar-refractivity contribution in [2.45, 2.75) is 50.6 Å². The van der Waals surface area contributed by atoms with Gasteiger partial charge in [0.2, 0.25) is 0 Å². The van der Waals surface area contributed by atoms with Gasteiger partial charge in [0.1, 0.15) is 0 Å². The van der Waals surface area contributed by atoms with Crippen LogP contribution in [-0.4, -0.2) is 55.3 Å². The number of nitrogens with zero attached hydrogens (tertiary/aromatic N) is 2. The maximum absolute atomic E-state index is 12.7. The number of hydrogen-bond donors (Lipinski definition) is 1. The molecule has 1 N–H and O–H groups in total. The van der Waals surface area contributed by atoms with Crippen molar-refractivity contribution in [3.8, 4) is 0 Å². The van der Waals surface area contributed by atoms with E-state index >= 15 is 0 Å². The molecule has 0 aromatic heterocycles. The normalized spacial score (nSPS) is 25.4. The van der Waals surface area contributed by atoms with Crippen molar-refractivity contribution < 1.29 is 8.42 Å². The Kier molecular flexibility index (Phi) is 4.69. The molecule has 1 heterocycles. The maximum Gasteiger partial charge on any atom is 0.282 e. The predicted octanol–water partition coefficient (Wildman–Crippen LogP) is 1.35. The third-order valence-electron chi connectivity index (χ3n) is 4.73. The Morgan fingerprint density at radius 2 is 1.81 bits per heavy atom. The maximum atomic E-state index is 12.7. The summed E-state index contributed by atoms with van der Waals surface area (Å²) in [4.78, 5) is 0. The van der Waals surface area contributed by atoms with Gasteiger partial charge >= 0.3 is 0 Å². The van der Waals surface area contributed by atoms with E-state index in [2.05, 4.69) is 11.9 Å². The molecule has 3 rings (SSSR count). The van der Waals surface area contributed by atoms with Crippen LogP contribution in [0.25, 0.3) is 0 Å². The van der Waals surface area contributed by atoms with Crippen molar-refractivity contribution in [3.63, 3.8) is 0 Å². The molecule has 3 fully saturated rings. The summed E-state index contributed by atoms with van der Waals surface area (Å²) in [6.45, 7) is 6.52. The van der Waals surface area contributed by atoms with Crippen LogP contribution in [0, 0.1) is 5.92 Å². The molecule has 0 spiro atoms. The molecule has 1 saturated heterocycles. The van der Waals surface area contributed by atoms with E-state index in [1.807, 2.05) is 0 Å². The summed E-state index contributed by atoms with van der Waals surface area (Å²) in [6, 6.07) is 0.951. The molecule has 21 heavy (non-hydrogen) atoms. The average Bonchev–Trinajstić information content (AvgIpc) is 3.37. The zero-order valence-corrected chi connectivity index (χ0v) is 13.5. The first-order valence-electron chi connectivity index (χ1n) is 8.22. The first-order valence-corrected chi connectivity index (χ1v) is 9.62. The largest absolute Gasteiger partial charge is 0.314 e. The van der Waals surface area contributed by atoms with E-state index in [0.717, 1.165) is 38.3 Å². The molecule has 0 unspecified atom stereocenters. The number of rotatable bonds is 8. The molecule has 3 aliphatic rings. The summed E-state index contributed by atoms with van der Waals surface area (Å²) in [5.41, 5.74) is 0. The van der Waals surface area contributed by atoms with Gasteiger partial charge in [-0.05, 0) is 51.0 Å². The van der Waals surface area contributed by atoms with Crippen LogP contribution in [0.1, 0.15) is 38.5 Å². The minimum absolute atomic E-state index is 0.210. The van der Waals surface area contributed by atoms with Crippen molar-refractivity contribution in [1.82, 2.24) is 13.9 Å². The van der Waals surface area contributed by atoms with Crippen LogP contribution in [-0.2, 0) is 10.2 Å². The first-order chi connectivity index (χ1) is 10.1. The van der Waals surface area contributed by atoms with Crippen molar-refractivity contribution >= 4 is 10.2 Å². The Labute approximate surface area is 128 Å². The molecular formula is C15H27N3O2S. The second kappa shape index (κ2) is 6.36. The zero-order valence-electron chi connectivity index (χ0n) is 12.7. The molecule has 6 heteroatoms. The number of nitrogens with one attached hydrogen (secondary N) is 1. The van der Waals surface area contributed by atoms with Gasteiger partial charge in [-0.3, -0.25) is 0 Å². The second-order valence-corrected chi connectivity index (χ2v) is 8.50. The van der Waals surface area contributed by atoms with E-state index in [4.69, 9.17) is 0 Å². The summed E-state index contributed by atoms with van der Waals surface area (Å²) in [5.74, 6) is 0.630. The van der Waals surface area contributed by atoms with Crippen molar-refractivity contribution in [3.05, 3.63) is 12.7 Å². The van der Waals surface area contributed by atoms with Crippen LogP contribution in [0.3, 0.4) is 0 Å². The van der Waals surface area contributed by atoms with Crippen molar-refractivity contribution in [2.75, 3.05) is 26.2 Å². The monoisotopic (exact) mass is 313 g/mol. The molecule has 0 amide bonds. The molecule has 0 atom stereocenters. The Morgan fingerprint density at radius 3 is 2.33 bits per heavy atom. The molecule has 0 aromatic rings. The van der Waals surface area contributed by atoms with E-state index in [0.29, 0.717) is 25.6 Å². The lowest BCUT2D eigenvalue weighted by atomic mass is 9.98. The van der Waals surface area contributed by atoms with Gasteiger partial charge in [0.15, 0.2) is 0 Å². The van der Waals surface area contributed by atoms with Gasteiger partial charge < -0.3 is 5.32 Å². The van der Waals surface area contributed by atoms with Crippen molar-refractivity contribution in [1.29, 1.82) is 0 Å². The zero-order chi connectivity index (χ0) is 14.9. The summed E-state index contributed by atoms with van der Waals surface area (Å²) in [7, 11) is -3.29. The molecular weight excluding hydrogens is 286 g/mol. The second-order valence-electron chi connectivity index (χ2n) is 6.62. The molecule has 120 valence electrons. The SMILES string of the molecule is C=CCN(C1CC1)S(=O)(=O)N1CCC(CNC2CC2)CC1. The number of hydrogen-bond acceptors (Lipinski definition) is 3. The smallest absolute Gasteiger partial charge is 0.282 e. The van der Waals surface area contributed by atoms with E-state index in [9.17, 15) is 8.42 Å². The van der Waals surface area contributed by atoms with E-state index in [1.54, 1.807) is 14.7 Å². The molecule has 2 saturated carbocycles. The topological polar surface area (TPSA) is 52.7 Å². The fourth-order valence-electron chi connectivity index (χ4n) is 3.03. The predicted molar refractivity (Wildman–Crippen MR) is 84.2 cm³/mol. The highest BCUT2D eigenvalue weighted by Gasteiger charge is 2.40. The Balaban J connectivity index is 1.52. The third-order valence-corrected chi connectivity index (χ3v) is 6.79. The van der Waals surface area contributed by atoms with Gasteiger partial charge in [0.25, 0.3) is 10.2 Å². The summed E-state index contributed by atoms with van der Waals surface area (Å²) in [6.07, 6.45) is 8.26. The van der Waals surface area contributed by atoms with Gasteiger partial charge in [0.05, 0.1) is 0 Å². The molecule has 1 aliphatic heterocycles.